The molecule has 138 valence electrons. The Bertz CT molecular complexity index is 870. The molecule has 2 aliphatic heterocycles. The summed E-state index contributed by atoms with van der Waals surface area (Å²) in [6, 6.07) is 9.33. The Labute approximate surface area is 153 Å². The number of para-hydroxylation sites is 1. The van der Waals surface area contributed by atoms with Crippen molar-refractivity contribution < 1.29 is 18.4 Å². The molecule has 0 aliphatic carbocycles. The minimum atomic E-state index is -0.629. The van der Waals surface area contributed by atoms with Gasteiger partial charge in [0.25, 0.3) is 0 Å². The van der Waals surface area contributed by atoms with E-state index in [4.69, 9.17) is 9.15 Å². The fraction of sp³-hybridized carbons (Fsp3) is 0.524. The average molecular weight is 356 g/mol. The molecule has 5 heteroatoms. The van der Waals surface area contributed by atoms with Crippen molar-refractivity contribution in [2.24, 2.45) is 5.92 Å². The lowest BCUT2D eigenvalue weighted by atomic mass is 9.82. The van der Waals surface area contributed by atoms with Gasteiger partial charge in [-0.15, -0.1) is 0 Å². The maximum Gasteiger partial charge on any atom is 0.351 e. The van der Waals surface area contributed by atoms with E-state index in [2.05, 4.69) is 7.05 Å². The zero-order valence-electron chi connectivity index (χ0n) is 15.3. The van der Waals surface area contributed by atoms with Crippen LogP contribution in [0.4, 0.5) is 0 Å². The van der Waals surface area contributed by atoms with Crippen molar-refractivity contribution in [2.75, 3.05) is 26.7 Å². The van der Waals surface area contributed by atoms with Gasteiger partial charge < -0.3 is 13.6 Å². The molecule has 3 heterocycles. The van der Waals surface area contributed by atoms with Crippen LogP contribution in [0.25, 0.3) is 11.0 Å². The van der Waals surface area contributed by atoms with Gasteiger partial charge in [0.1, 0.15) is 17.8 Å². The van der Waals surface area contributed by atoms with Gasteiger partial charge in [0.15, 0.2) is 0 Å². The van der Waals surface area contributed by atoms with Crippen molar-refractivity contribution in [2.45, 2.75) is 38.1 Å². The van der Waals surface area contributed by atoms with Gasteiger partial charge in [-0.2, -0.15) is 0 Å². The highest BCUT2D eigenvalue weighted by molar-refractivity contribution is 5.92. The lowest BCUT2D eigenvalue weighted by Gasteiger charge is -2.51. The quantitative estimate of drug-likeness (QED) is 0.481. The number of fused-ring (bicyclic) bond motifs is 2. The van der Waals surface area contributed by atoms with Crippen LogP contribution in [0.15, 0.2) is 39.5 Å². The Kier molecular flexibility index (Phi) is 4.57. The monoisotopic (exact) mass is 356 g/mol. The van der Waals surface area contributed by atoms with Crippen LogP contribution in [0.5, 0.6) is 0 Å². The number of carbonyl (C=O) groups excluding carboxylic acids is 1. The summed E-state index contributed by atoms with van der Waals surface area (Å²) < 4.78 is 11.9. The normalized spacial score (nSPS) is 28.5. The predicted octanol–water partition coefficient (Wildman–Crippen LogP) is 3.36. The fourth-order valence-corrected chi connectivity index (χ4v) is 4.89. The van der Waals surface area contributed by atoms with Crippen LogP contribution in [0, 0.1) is 5.92 Å². The fourth-order valence-electron chi connectivity index (χ4n) is 4.89. The van der Waals surface area contributed by atoms with E-state index in [9.17, 15) is 9.59 Å². The molecule has 2 aromatic rings. The first-order chi connectivity index (χ1) is 12.6. The van der Waals surface area contributed by atoms with Gasteiger partial charge in [-0.05, 0) is 37.8 Å². The molecular formula is C21H26NO4+. The molecule has 1 aromatic heterocycles. The van der Waals surface area contributed by atoms with E-state index in [1.165, 1.54) is 38.8 Å². The van der Waals surface area contributed by atoms with Gasteiger partial charge in [-0.1, -0.05) is 18.2 Å². The molecule has 1 unspecified atom stereocenters. The van der Waals surface area contributed by atoms with Crippen LogP contribution >= 0.6 is 0 Å². The van der Waals surface area contributed by atoms with Gasteiger partial charge >= 0.3 is 11.6 Å². The van der Waals surface area contributed by atoms with Crippen molar-refractivity contribution in [1.82, 2.24) is 0 Å². The molecule has 0 spiro atoms. The number of nitrogens with zero attached hydrogens (tertiary/aromatic N) is 1. The van der Waals surface area contributed by atoms with E-state index in [-0.39, 0.29) is 5.56 Å². The second kappa shape index (κ2) is 6.88. The number of piperidine rings is 2. The highest BCUT2D eigenvalue weighted by Gasteiger charge is 2.43. The summed E-state index contributed by atoms with van der Waals surface area (Å²) in [6.45, 7) is 2.84. The number of hydrogen-bond donors (Lipinski definition) is 0. The van der Waals surface area contributed by atoms with Crippen LogP contribution in [0.3, 0.4) is 0 Å². The zero-order valence-corrected chi connectivity index (χ0v) is 15.3. The summed E-state index contributed by atoms with van der Waals surface area (Å²) in [5, 5.41) is 0.730. The second-order valence-corrected chi connectivity index (χ2v) is 7.98. The molecule has 4 rings (SSSR count). The van der Waals surface area contributed by atoms with Crippen LogP contribution in [-0.2, 0) is 4.74 Å². The van der Waals surface area contributed by atoms with Gasteiger partial charge in [-0.25, -0.2) is 9.59 Å². The molecule has 0 bridgehead atoms. The third kappa shape index (κ3) is 3.16. The third-order valence-electron chi connectivity index (χ3n) is 6.30. The van der Waals surface area contributed by atoms with Crippen LogP contribution in [0.2, 0.25) is 0 Å². The highest BCUT2D eigenvalue weighted by atomic mass is 16.5. The zero-order chi connectivity index (χ0) is 18.1. The highest BCUT2D eigenvalue weighted by Crippen LogP contribution is 2.36. The van der Waals surface area contributed by atoms with E-state index in [0.717, 1.165) is 16.3 Å². The molecule has 26 heavy (non-hydrogen) atoms. The first kappa shape index (κ1) is 17.3. The molecule has 1 aromatic carbocycles. The lowest BCUT2D eigenvalue weighted by molar-refractivity contribution is -0.947. The summed E-state index contributed by atoms with van der Waals surface area (Å²) in [5.41, 5.74) is -0.160. The number of carbonyl (C=O) groups is 1. The SMILES string of the molecule is C[N+]12CCCC[C@@H]1[C@@H](COC(=O)c1cc3ccccc3oc1=O)CCC2. The van der Waals surface area contributed by atoms with Crippen molar-refractivity contribution >= 4 is 16.9 Å². The van der Waals surface area contributed by atoms with Crippen LogP contribution in [-0.4, -0.2) is 43.2 Å². The number of rotatable bonds is 3. The number of hydrogen-bond acceptors (Lipinski definition) is 4. The maximum absolute atomic E-state index is 12.5. The Morgan fingerprint density at radius 3 is 2.88 bits per heavy atom. The first-order valence-corrected chi connectivity index (χ1v) is 9.61. The van der Waals surface area contributed by atoms with E-state index >= 15 is 0 Å². The number of benzene rings is 1. The largest absolute Gasteiger partial charge is 0.461 e. The van der Waals surface area contributed by atoms with Crippen LogP contribution in [0.1, 0.15) is 42.5 Å². The molecule has 0 saturated carbocycles. The van der Waals surface area contributed by atoms with Gasteiger partial charge in [-0.3, -0.25) is 0 Å². The van der Waals surface area contributed by atoms with Crippen molar-refractivity contribution in [3.63, 3.8) is 0 Å². The Balaban J connectivity index is 1.48. The number of ether oxygens (including phenoxy) is 1. The molecule has 0 amide bonds. The Hall–Kier alpha value is -2.14. The minimum Gasteiger partial charge on any atom is -0.461 e. The third-order valence-corrected chi connectivity index (χ3v) is 6.30. The predicted molar refractivity (Wildman–Crippen MR) is 99.0 cm³/mol. The molecule has 2 aliphatic rings. The minimum absolute atomic E-state index is 0.0135. The summed E-state index contributed by atoms with van der Waals surface area (Å²) >= 11 is 0. The van der Waals surface area contributed by atoms with E-state index in [0.29, 0.717) is 24.1 Å². The molecule has 3 atom stereocenters. The van der Waals surface area contributed by atoms with Crippen molar-refractivity contribution in [3.8, 4) is 0 Å². The van der Waals surface area contributed by atoms with Crippen LogP contribution < -0.4 is 5.63 Å². The lowest BCUT2D eigenvalue weighted by Crippen LogP contribution is -2.61. The summed E-state index contributed by atoms with van der Waals surface area (Å²) in [7, 11) is 2.34. The topological polar surface area (TPSA) is 56.5 Å². The standard InChI is InChI=1S/C21H26NO4/c1-22-11-5-4-9-18(22)16(8-6-12-22)14-25-20(23)17-13-15-7-2-3-10-19(15)26-21(17)24/h2-3,7,10,13,16,18H,4-6,8-9,11-12,14H2,1H3/q+1/t16-,18-,22?/m1/s1. The Morgan fingerprint density at radius 2 is 2.00 bits per heavy atom. The summed E-state index contributed by atoms with van der Waals surface area (Å²) in [6.07, 6.45) is 6.02. The van der Waals surface area contributed by atoms with E-state index < -0.39 is 11.6 Å². The van der Waals surface area contributed by atoms with E-state index in [1.54, 1.807) is 18.2 Å². The van der Waals surface area contributed by atoms with Gasteiger partial charge in [0.05, 0.1) is 26.2 Å². The average Bonchev–Trinajstić information content (AvgIpc) is 2.64. The van der Waals surface area contributed by atoms with Crippen molar-refractivity contribution in [3.05, 3.63) is 46.3 Å². The molecular weight excluding hydrogens is 330 g/mol. The second-order valence-electron chi connectivity index (χ2n) is 7.98. The molecule has 2 saturated heterocycles. The summed E-state index contributed by atoms with van der Waals surface area (Å²) in [5.74, 6) is -0.189. The Morgan fingerprint density at radius 1 is 1.19 bits per heavy atom. The number of quaternary nitrogens is 1. The maximum atomic E-state index is 12.5. The summed E-state index contributed by atoms with van der Waals surface area (Å²) in [4.78, 5) is 24.6. The number of esters is 1. The molecule has 0 radical (unpaired) electrons. The van der Waals surface area contributed by atoms with Crippen molar-refractivity contribution in [1.29, 1.82) is 0 Å². The first-order valence-electron chi connectivity index (χ1n) is 9.61. The molecule has 5 nitrogen and oxygen atoms in total. The van der Waals surface area contributed by atoms with E-state index in [1.807, 2.05) is 12.1 Å². The molecule has 0 N–H and O–H groups in total. The van der Waals surface area contributed by atoms with Gasteiger partial charge in [0, 0.05) is 17.7 Å². The smallest absolute Gasteiger partial charge is 0.351 e. The van der Waals surface area contributed by atoms with Gasteiger partial charge in [0.2, 0.25) is 0 Å². The molecule has 2 fully saturated rings.